The maximum Gasteiger partial charge on any atom is 0.224 e. The molecular formula is C12H24N2O2. The van der Waals surface area contributed by atoms with Gasteiger partial charge in [-0.3, -0.25) is 4.79 Å². The molecule has 94 valence electrons. The first-order chi connectivity index (χ1) is 7.57. The molecule has 1 rings (SSSR count). The van der Waals surface area contributed by atoms with Crippen LogP contribution in [-0.2, 0) is 9.53 Å². The number of nitrogens with zero attached hydrogens (tertiary/aromatic N) is 1. The molecule has 1 aliphatic rings. The SMILES string of the molecule is CCOCCN(C)C(=O)CC1(N)CCCC1. The van der Waals surface area contributed by atoms with Gasteiger partial charge in [0.25, 0.3) is 0 Å². The Labute approximate surface area is 98.1 Å². The molecule has 1 fully saturated rings. The van der Waals surface area contributed by atoms with Crippen LogP contribution in [0.25, 0.3) is 0 Å². The van der Waals surface area contributed by atoms with Crippen molar-refractivity contribution >= 4 is 5.91 Å². The number of likely N-dealkylation sites (N-methyl/N-ethyl adjacent to an activating group) is 1. The van der Waals surface area contributed by atoms with Crippen molar-refractivity contribution in [3.63, 3.8) is 0 Å². The van der Waals surface area contributed by atoms with Gasteiger partial charge in [0.15, 0.2) is 0 Å². The van der Waals surface area contributed by atoms with Crippen molar-refractivity contribution in [2.45, 2.75) is 44.6 Å². The van der Waals surface area contributed by atoms with Gasteiger partial charge in [-0.2, -0.15) is 0 Å². The second-order valence-electron chi connectivity index (χ2n) is 4.76. The van der Waals surface area contributed by atoms with Gasteiger partial charge >= 0.3 is 0 Å². The molecule has 2 N–H and O–H groups in total. The van der Waals surface area contributed by atoms with E-state index in [0.29, 0.717) is 26.2 Å². The molecule has 16 heavy (non-hydrogen) atoms. The minimum Gasteiger partial charge on any atom is -0.380 e. The van der Waals surface area contributed by atoms with Crippen LogP contribution in [0.15, 0.2) is 0 Å². The standard InChI is InChI=1S/C12H24N2O2/c1-3-16-9-8-14(2)11(15)10-12(13)6-4-5-7-12/h3-10,13H2,1-2H3. The van der Waals surface area contributed by atoms with E-state index in [0.717, 1.165) is 25.7 Å². The lowest BCUT2D eigenvalue weighted by Crippen LogP contribution is -2.43. The Hall–Kier alpha value is -0.610. The highest BCUT2D eigenvalue weighted by molar-refractivity contribution is 5.77. The monoisotopic (exact) mass is 228 g/mol. The van der Waals surface area contributed by atoms with Crippen molar-refractivity contribution in [2.24, 2.45) is 5.73 Å². The van der Waals surface area contributed by atoms with Gasteiger partial charge in [-0.05, 0) is 19.8 Å². The van der Waals surface area contributed by atoms with Gasteiger partial charge in [0.2, 0.25) is 5.91 Å². The van der Waals surface area contributed by atoms with E-state index in [1.165, 1.54) is 0 Å². The Bertz CT molecular complexity index is 225. The number of hydrogen-bond acceptors (Lipinski definition) is 3. The van der Waals surface area contributed by atoms with E-state index in [1.54, 1.807) is 4.90 Å². The average Bonchev–Trinajstić information content (AvgIpc) is 2.65. The second kappa shape index (κ2) is 6.21. The molecule has 0 saturated heterocycles. The number of nitrogens with two attached hydrogens (primary N) is 1. The summed E-state index contributed by atoms with van der Waals surface area (Å²) in [4.78, 5) is 13.6. The quantitative estimate of drug-likeness (QED) is 0.694. The van der Waals surface area contributed by atoms with E-state index >= 15 is 0 Å². The predicted octanol–water partition coefficient (Wildman–Crippen LogP) is 1.14. The van der Waals surface area contributed by atoms with Gasteiger partial charge < -0.3 is 15.4 Å². The van der Waals surface area contributed by atoms with Crippen LogP contribution >= 0.6 is 0 Å². The Kier molecular flexibility index (Phi) is 5.22. The molecule has 1 saturated carbocycles. The number of carbonyl (C=O) groups excluding carboxylic acids is 1. The fourth-order valence-electron chi connectivity index (χ4n) is 2.16. The number of carbonyl (C=O) groups is 1. The third-order valence-corrected chi connectivity index (χ3v) is 3.30. The van der Waals surface area contributed by atoms with Crippen LogP contribution in [0.3, 0.4) is 0 Å². The molecule has 0 radical (unpaired) electrons. The number of amides is 1. The van der Waals surface area contributed by atoms with E-state index in [4.69, 9.17) is 10.5 Å². The van der Waals surface area contributed by atoms with Crippen molar-refractivity contribution in [2.75, 3.05) is 26.8 Å². The normalized spacial score (nSPS) is 18.7. The third kappa shape index (κ3) is 4.10. The number of ether oxygens (including phenoxy) is 1. The van der Waals surface area contributed by atoms with Gasteiger partial charge in [0.05, 0.1) is 6.61 Å². The predicted molar refractivity (Wildman–Crippen MR) is 64.1 cm³/mol. The summed E-state index contributed by atoms with van der Waals surface area (Å²) in [7, 11) is 1.82. The summed E-state index contributed by atoms with van der Waals surface area (Å²) in [6.07, 6.45) is 4.77. The highest BCUT2D eigenvalue weighted by Crippen LogP contribution is 2.30. The largest absolute Gasteiger partial charge is 0.380 e. The molecule has 4 heteroatoms. The maximum atomic E-state index is 11.9. The van der Waals surface area contributed by atoms with Gasteiger partial charge in [0, 0.05) is 32.2 Å². The second-order valence-corrected chi connectivity index (χ2v) is 4.76. The molecule has 0 aliphatic heterocycles. The molecule has 1 aliphatic carbocycles. The van der Waals surface area contributed by atoms with Crippen LogP contribution in [-0.4, -0.2) is 43.2 Å². The summed E-state index contributed by atoms with van der Waals surface area (Å²) in [5.41, 5.74) is 5.93. The third-order valence-electron chi connectivity index (χ3n) is 3.30. The molecule has 1 amide bonds. The van der Waals surface area contributed by atoms with Crippen LogP contribution in [0.5, 0.6) is 0 Å². The van der Waals surface area contributed by atoms with Crippen molar-refractivity contribution in [1.82, 2.24) is 4.90 Å². The Morgan fingerprint density at radius 1 is 1.44 bits per heavy atom. The first-order valence-electron chi connectivity index (χ1n) is 6.18. The summed E-state index contributed by atoms with van der Waals surface area (Å²) in [6.45, 7) is 3.91. The lowest BCUT2D eigenvalue weighted by Gasteiger charge is -2.26. The van der Waals surface area contributed by atoms with Crippen molar-refractivity contribution in [3.05, 3.63) is 0 Å². The van der Waals surface area contributed by atoms with Gasteiger partial charge in [0.1, 0.15) is 0 Å². The van der Waals surface area contributed by atoms with Gasteiger partial charge in [-0.15, -0.1) is 0 Å². The van der Waals surface area contributed by atoms with Gasteiger partial charge in [-0.25, -0.2) is 0 Å². The molecule has 0 aromatic rings. The van der Waals surface area contributed by atoms with Crippen LogP contribution in [0.2, 0.25) is 0 Å². The zero-order chi connectivity index (χ0) is 12.0. The Morgan fingerprint density at radius 2 is 2.06 bits per heavy atom. The van der Waals surface area contributed by atoms with E-state index in [1.807, 2.05) is 14.0 Å². The molecule has 0 bridgehead atoms. The minimum atomic E-state index is -0.239. The maximum absolute atomic E-state index is 11.9. The molecule has 0 spiro atoms. The smallest absolute Gasteiger partial charge is 0.224 e. The van der Waals surface area contributed by atoms with Gasteiger partial charge in [-0.1, -0.05) is 12.8 Å². The molecule has 0 heterocycles. The van der Waals surface area contributed by atoms with E-state index in [2.05, 4.69) is 0 Å². The lowest BCUT2D eigenvalue weighted by molar-refractivity contribution is -0.131. The Balaban J connectivity index is 2.27. The van der Waals surface area contributed by atoms with Crippen molar-refractivity contribution in [3.8, 4) is 0 Å². The summed E-state index contributed by atoms with van der Waals surface area (Å²) in [5.74, 6) is 0.143. The Morgan fingerprint density at radius 3 is 2.62 bits per heavy atom. The topological polar surface area (TPSA) is 55.6 Å². The average molecular weight is 228 g/mol. The molecule has 4 nitrogen and oxygen atoms in total. The fourth-order valence-corrected chi connectivity index (χ4v) is 2.16. The summed E-state index contributed by atoms with van der Waals surface area (Å²) in [6, 6.07) is 0. The molecular weight excluding hydrogens is 204 g/mol. The minimum absolute atomic E-state index is 0.143. The van der Waals surface area contributed by atoms with E-state index in [-0.39, 0.29) is 11.4 Å². The zero-order valence-electron chi connectivity index (χ0n) is 10.5. The van der Waals surface area contributed by atoms with E-state index < -0.39 is 0 Å². The lowest BCUT2D eigenvalue weighted by atomic mass is 9.94. The highest BCUT2D eigenvalue weighted by atomic mass is 16.5. The first kappa shape index (κ1) is 13.5. The summed E-state index contributed by atoms with van der Waals surface area (Å²) in [5, 5.41) is 0. The molecule has 0 aromatic carbocycles. The highest BCUT2D eigenvalue weighted by Gasteiger charge is 2.32. The molecule has 0 unspecified atom stereocenters. The number of hydrogen-bond donors (Lipinski definition) is 1. The van der Waals surface area contributed by atoms with Crippen molar-refractivity contribution < 1.29 is 9.53 Å². The summed E-state index contributed by atoms with van der Waals surface area (Å²) >= 11 is 0. The van der Waals surface area contributed by atoms with E-state index in [9.17, 15) is 4.79 Å². The van der Waals surface area contributed by atoms with Crippen LogP contribution < -0.4 is 5.73 Å². The first-order valence-corrected chi connectivity index (χ1v) is 6.18. The number of rotatable bonds is 6. The molecule has 0 aromatic heterocycles. The summed E-state index contributed by atoms with van der Waals surface area (Å²) < 4.78 is 5.22. The van der Waals surface area contributed by atoms with Crippen LogP contribution in [0.1, 0.15) is 39.0 Å². The van der Waals surface area contributed by atoms with Crippen LogP contribution in [0.4, 0.5) is 0 Å². The van der Waals surface area contributed by atoms with Crippen LogP contribution in [0, 0.1) is 0 Å². The fraction of sp³-hybridized carbons (Fsp3) is 0.917. The van der Waals surface area contributed by atoms with Crippen molar-refractivity contribution in [1.29, 1.82) is 0 Å². The molecule has 0 atom stereocenters. The zero-order valence-corrected chi connectivity index (χ0v) is 10.5.